The summed E-state index contributed by atoms with van der Waals surface area (Å²) >= 11 is 0. The molecule has 4 atom stereocenters. The summed E-state index contributed by atoms with van der Waals surface area (Å²) < 4.78 is 42.2. The van der Waals surface area contributed by atoms with Gasteiger partial charge in [-0.15, -0.1) is 0 Å². The van der Waals surface area contributed by atoms with E-state index in [-0.39, 0.29) is 37.1 Å². The van der Waals surface area contributed by atoms with Crippen molar-refractivity contribution in [3.63, 3.8) is 0 Å². The van der Waals surface area contributed by atoms with Gasteiger partial charge in [0, 0.05) is 12.8 Å². The second-order valence-electron chi connectivity index (χ2n) is 16.7. The van der Waals surface area contributed by atoms with Gasteiger partial charge in [-0.2, -0.15) is 0 Å². The Morgan fingerprint density at radius 1 is 0.733 bits per heavy atom. The van der Waals surface area contributed by atoms with Crippen molar-refractivity contribution in [1.82, 2.24) is 19.5 Å². The number of H-pyrrole nitrogens is 1. The van der Waals surface area contributed by atoms with Crippen LogP contribution in [-0.4, -0.2) is 68.4 Å². The van der Waals surface area contributed by atoms with Gasteiger partial charge in [-0.25, -0.2) is 14.5 Å². The van der Waals surface area contributed by atoms with Crippen LogP contribution in [0.4, 0.5) is 0 Å². The molecular formula is C45H79N4O10P. The normalized spacial score (nSPS) is 16.9. The third-order valence-corrected chi connectivity index (χ3v) is 12.3. The van der Waals surface area contributed by atoms with E-state index >= 15 is 0 Å². The Bertz CT molecular complexity index is 1540. The van der Waals surface area contributed by atoms with Crippen molar-refractivity contribution < 1.29 is 42.3 Å². The highest BCUT2D eigenvalue weighted by atomic mass is 31.2. The molecule has 14 nitrogen and oxygen atoms in total. The minimum atomic E-state index is -4.60. The molecule has 0 aromatic carbocycles. The van der Waals surface area contributed by atoms with Gasteiger partial charge in [-0.05, 0) is 25.7 Å². The Hall–Kier alpha value is -2.64. The molecule has 0 radical (unpaired) electrons. The molecule has 1 saturated heterocycles. The standard InChI is InChI=1S/C45H79N4O10P/c1-3-5-7-9-11-13-15-17-19-21-23-25-27-29-41(50)55-33-39(59-42(51)30-28-26-24-22-20-18-16-14-12-10-8-6-4-2)35-57-60(53,54)56-34-38-31-32-40(58-38)49-37-48-43-44(49)46-36-47-45(43)52/h36-40H,3-35H2,1-2H3,(H,53,54)(H,46,47,52)/t38-,39?,40+/m0/s1. The minimum absolute atomic E-state index is 0.193. The highest BCUT2D eigenvalue weighted by Gasteiger charge is 2.32. The average molecular weight is 867 g/mol. The number of rotatable bonds is 38. The zero-order valence-electron chi connectivity index (χ0n) is 37.1. The first-order valence-corrected chi connectivity index (χ1v) is 25.2. The van der Waals surface area contributed by atoms with Crippen LogP contribution < -0.4 is 5.56 Å². The van der Waals surface area contributed by atoms with Crippen molar-refractivity contribution in [3.05, 3.63) is 23.0 Å². The molecule has 0 bridgehead atoms. The molecule has 2 aromatic rings. The molecular weight excluding hydrogens is 787 g/mol. The predicted octanol–water partition coefficient (Wildman–Crippen LogP) is 11.3. The lowest BCUT2D eigenvalue weighted by atomic mass is 10.0. The first kappa shape index (κ1) is 51.7. The van der Waals surface area contributed by atoms with Crippen molar-refractivity contribution in [2.45, 2.75) is 225 Å². The molecule has 0 saturated carbocycles. The van der Waals surface area contributed by atoms with Crippen LogP contribution in [-0.2, 0) is 37.4 Å². The fourth-order valence-corrected chi connectivity index (χ4v) is 8.46. The topological polar surface area (TPSA) is 181 Å². The molecule has 0 aliphatic carbocycles. The molecule has 2 aromatic heterocycles. The number of carbonyl (C=O) groups excluding carboxylic acids is 2. The molecule has 15 heteroatoms. The van der Waals surface area contributed by atoms with Crippen molar-refractivity contribution in [3.8, 4) is 0 Å². The van der Waals surface area contributed by atoms with Crippen LogP contribution in [0.5, 0.6) is 0 Å². The Balaban J connectivity index is 1.35. The number of ether oxygens (including phenoxy) is 3. The van der Waals surface area contributed by atoms with Gasteiger partial charge in [0.25, 0.3) is 5.56 Å². The summed E-state index contributed by atoms with van der Waals surface area (Å²) in [6, 6.07) is 0. The number of nitrogens with zero attached hydrogens (tertiary/aromatic N) is 3. The molecule has 1 fully saturated rings. The number of phosphoric acid groups is 1. The molecule has 2 N–H and O–H groups in total. The molecule has 344 valence electrons. The van der Waals surface area contributed by atoms with E-state index in [0.717, 1.165) is 38.5 Å². The van der Waals surface area contributed by atoms with E-state index in [2.05, 4.69) is 28.8 Å². The molecule has 60 heavy (non-hydrogen) atoms. The van der Waals surface area contributed by atoms with Crippen LogP contribution in [0.2, 0.25) is 0 Å². The lowest BCUT2D eigenvalue weighted by Gasteiger charge is -2.21. The number of carbonyl (C=O) groups is 2. The number of hydrogen-bond donors (Lipinski definition) is 2. The van der Waals surface area contributed by atoms with E-state index < -0.39 is 44.8 Å². The van der Waals surface area contributed by atoms with Crippen LogP contribution >= 0.6 is 7.82 Å². The SMILES string of the molecule is CCCCCCCCCCCCCCCC(=O)OCC(COP(=O)(O)OC[C@@H]1CC[C@H](n2cnc3c(=O)[nH]cnc32)O1)OC(=O)CCCCCCCCCCCCCCC. The summed E-state index contributed by atoms with van der Waals surface area (Å²) in [4.78, 5) is 58.8. The van der Waals surface area contributed by atoms with Crippen LogP contribution in [0.3, 0.4) is 0 Å². The number of imidazole rings is 1. The van der Waals surface area contributed by atoms with Gasteiger partial charge in [0.05, 0.1) is 32.0 Å². The van der Waals surface area contributed by atoms with Gasteiger partial charge in [-0.3, -0.25) is 28.0 Å². The lowest BCUT2D eigenvalue weighted by molar-refractivity contribution is -0.161. The van der Waals surface area contributed by atoms with E-state index in [1.54, 1.807) is 4.57 Å². The fraction of sp³-hybridized carbons (Fsp3) is 0.844. The van der Waals surface area contributed by atoms with Gasteiger partial charge in [0.1, 0.15) is 12.8 Å². The zero-order chi connectivity index (χ0) is 43.1. The summed E-state index contributed by atoms with van der Waals surface area (Å²) in [5, 5.41) is 0. The first-order valence-electron chi connectivity index (χ1n) is 23.7. The van der Waals surface area contributed by atoms with Crippen LogP contribution in [0.1, 0.15) is 213 Å². The number of aromatic nitrogens is 4. The minimum Gasteiger partial charge on any atom is -0.462 e. The summed E-state index contributed by atoms with van der Waals surface area (Å²) in [6.45, 7) is 3.48. The van der Waals surface area contributed by atoms with E-state index in [4.69, 9.17) is 23.3 Å². The number of phosphoric ester groups is 1. The molecule has 0 spiro atoms. The number of nitrogens with one attached hydrogen (secondary N) is 1. The summed E-state index contributed by atoms with van der Waals surface area (Å²) in [6.07, 6.45) is 33.4. The Morgan fingerprint density at radius 3 is 1.77 bits per heavy atom. The molecule has 0 amide bonds. The van der Waals surface area contributed by atoms with Gasteiger partial charge in [0.2, 0.25) is 0 Å². The maximum Gasteiger partial charge on any atom is 0.472 e. The molecule has 2 unspecified atom stereocenters. The first-order chi connectivity index (χ1) is 29.2. The van der Waals surface area contributed by atoms with Crippen LogP contribution in [0, 0.1) is 0 Å². The molecule has 3 rings (SSSR count). The lowest BCUT2D eigenvalue weighted by Crippen LogP contribution is -2.29. The molecule has 1 aliphatic heterocycles. The van der Waals surface area contributed by atoms with Crippen LogP contribution in [0.25, 0.3) is 11.2 Å². The van der Waals surface area contributed by atoms with Crippen LogP contribution in [0.15, 0.2) is 17.4 Å². The number of fused-ring (bicyclic) bond motifs is 1. The van der Waals surface area contributed by atoms with Crippen molar-refractivity contribution in [2.24, 2.45) is 0 Å². The third kappa shape index (κ3) is 23.0. The monoisotopic (exact) mass is 867 g/mol. The second-order valence-corrected chi connectivity index (χ2v) is 18.1. The highest BCUT2D eigenvalue weighted by Crippen LogP contribution is 2.44. The van der Waals surface area contributed by atoms with E-state index in [1.807, 2.05) is 0 Å². The smallest absolute Gasteiger partial charge is 0.462 e. The second kappa shape index (κ2) is 32.1. The van der Waals surface area contributed by atoms with Crippen molar-refractivity contribution in [1.29, 1.82) is 0 Å². The van der Waals surface area contributed by atoms with E-state index in [9.17, 15) is 23.8 Å². The maximum absolute atomic E-state index is 12.9. The van der Waals surface area contributed by atoms with Gasteiger partial charge in [0.15, 0.2) is 17.3 Å². The summed E-state index contributed by atoms with van der Waals surface area (Å²) in [5.74, 6) is -0.876. The maximum atomic E-state index is 12.9. The Labute approximate surface area is 359 Å². The number of aromatic amines is 1. The average Bonchev–Trinajstić information content (AvgIpc) is 3.90. The van der Waals surface area contributed by atoms with E-state index in [1.165, 1.54) is 128 Å². The number of esters is 2. The summed E-state index contributed by atoms with van der Waals surface area (Å²) in [7, 11) is -4.60. The molecule has 1 aliphatic rings. The summed E-state index contributed by atoms with van der Waals surface area (Å²) in [5.41, 5.74) is 0.211. The van der Waals surface area contributed by atoms with Gasteiger partial charge >= 0.3 is 19.8 Å². The molecule has 3 heterocycles. The Morgan fingerprint density at radius 2 is 1.23 bits per heavy atom. The van der Waals surface area contributed by atoms with Crippen molar-refractivity contribution >= 4 is 30.9 Å². The highest BCUT2D eigenvalue weighted by molar-refractivity contribution is 7.47. The van der Waals surface area contributed by atoms with Gasteiger partial charge < -0.3 is 24.1 Å². The van der Waals surface area contributed by atoms with E-state index in [0.29, 0.717) is 31.3 Å². The zero-order valence-corrected chi connectivity index (χ0v) is 38.0. The number of unbranched alkanes of at least 4 members (excludes halogenated alkanes) is 24. The predicted molar refractivity (Wildman–Crippen MR) is 234 cm³/mol. The third-order valence-electron chi connectivity index (χ3n) is 11.3. The largest absolute Gasteiger partial charge is 0.472 e. The van der Waals surface area contributed by atoms with Gasteiger partial charge in [-0.1, -0.05) is 168 Å². The van der Waals surface area contributed by atoms with Crippen molar-refractivity contribution in [2.75, 3.05) is 19.8 Å². The number of hydrogen-bond acceptors (Lipinski definition) is 11. The fourth-order valence-electron chi connectivity index (χ4n) is 7.67. The quantitative estimate of drug-likeness (QED) is 0.0371. The Kier molecular flexibility index (Phi) is 27.7.